The third-order valence-electron chi connectivity index (χ3n) is 5.45. The number of nitrogens with one attached hydrogen (secondary N) is 2. The molecule has 2 bridgehead atoms. The molecule has 2 rings (SSSR count). The van der Waals surface area contributed by atoms with Gasteiger partial charge in [0.05, 0.1) is 6.04 Å². The van der Waals surface area contributed by atoms with Crippen LogP contribution in [0.4, 0.5) is 0 Å². The number of ketones is 1. The molecular weight excluding hydrogens is 320 g/mol. The minimum absolute atomic E-state index is 0.00849. The number of carbonyl (C=O) groups excluding carboxylic acids is 1. The van der Waals surface area contributed by atoms with Crippen molar-refractivity contribution in [1.82, 2.24) is 10.6 Å². The van der Waals surface area contributed by atoms with Gasteiger partial charge in [-0.2, -0.15) is 0 Å². The lowest BCUT2D eigenvalue weighted by Crippen LogP contribution is -2.52. The van der Waals surface area contributed by atoms with Gasteiger partial charge in [-0.3, -0.25) is 4.79 Å². The van der Waals surface area contributed by atoms with E-state index < -0.39 is 0 Å². The quantitative estimate of drug-likeness (QED) is 0.769. The normalized spacial score (nSPS) is 24.3. The molecule has 0 fully saturated rings. The van der Waals surface area contributed by atoms with Crippen LogP contribution >= 0.6 is 0 Å². The first kappa shape index (κ1) is 21.1. The zero-order chi connectivity index (χ0) is 19.6. The molecule has 0 saturated heterocycles. The number of rotatable bonds is 1. The third kappa shape index (κ3) is 6.21. The zero-order valence-electron chi connectivity index (χ0n) is 17.8. The van der Waals surface area contributed by atoms with Gasteiger partial charge in [0.2, 0.25) is 0 Å². The highest BCUT2D eigenvalue weighted by Gasteiger charge is 2.36. The van der Waals surface area contributed by atoms with E-state index in [1.807, 2.05) is 0 Å². The van der Waals surface area contributed by atoms with Crippen LogP contribution in [0.3, 0.4) is 0 Å². The maximum Gasteiger partial charge on any atom is 0.155 e. The van der Waals surface area contributed by atoms with E-state index in [9.17, 15) is 4.79 Å². The first-order valence-corrected chi connectivity index (χ1v) is 10.0. The van der Waals surface area contributed by atoms with Crippen molar-refractivity contribution < 1.29 is 4.79 Å². The van der Waals surface area contributed by atoms with Gasteiger partial charge in [-0.15, -0.1) is 0 Å². The number of hydrogen-bond acceptors (Lipinski definition) is 3. The monoisotopic (exact) mass is 358 g/mol. The lowest BCUT2D eigenvalue weighted by atomic mass is 9.76. The van der Waals surface area contributed by atoms with Gasteiger partial charge in [-0.05, 0) is 71.4 Å². The first-order valence-electron chi connectivity index (χ1n) is 10.0. The molecular formula is C23H38N2O. The summed E-state index contributed by atoms with van der Waals surface area (Å²) in [5, 5.41) is 7.28. The second kappa shape index (κ2) is 7.82. The predicted octanol–water partition coefficient (Wildman–Crippen LogP) is 4.63. The van der Waals surface area contributed by atoms with Crippen LogP contribution in [0.15, 0.2) is 24.3 Å². The van der Waals surface area contributed by atoms with E-state index in [0.29, 0.717) is 5.78 Å². The van der Waals surface area contributed by atoms with Crippen LogP contribution in [0.2, 0.25) is 0 Å². The van der Waals surface area contributed by atoms with Gasteiger partial charge in [0.25, 0.3) is 0 Å². The maximum absolute atomic E-state index is 13.4. The zero-order valence-corrected chi connectivity index (χ0v) is 17.8. The molecule has 3 nitrogen and oxygen atoms in total. The molecule has 1 aliphatic heterocycles. The SMILES string of the molecule is CC(C)(C)NC1CCc2cccc(c2)CNC(C)(C)CCC(C)(C)C1=O. The Kier molecular flexibility index (Phi) is 6.35. The molecule has 0 saturated carbocycles. The second-order valence-electron chi connectivity index (χ2n) is 10.3. The van der Waals surface area contributed by atoms with Gasteiger partial charge in [0.15, 0.2) is 5.78 Å². The van der Waals surface area contributed by atoms with Crippen molar-refractivity contribution in [3.05, 3.63) is 35.4 Å². The first-order chi connectivity index (χ1) is 11.9. The molecule has 146 valence electrons. The summed E-state index contributed by atoms with van der Waals surface area (Å²) >= 11 is 0. The second-order valence-corrected chi connectivity index (χ2v) is 10.3. The van der Waals surface area contributed by atoms with E-state index in [0.717, 1.165) is 32.2 Å². The number of hydrogen-bond donors (Lipinski definition) is 2. The Morgan fingerprint density at radius 2 is 1.73 bits per heavy atom. The molecule has 3 heteroatoms. The molecule has 0 radical (unpaired) electrons. The van der Waals surface area contributed by atoms with Crippen molar-refractivity contribution in [2.45, 2.75) is 97.8 Å². The Bertz CT molecular complexity index is 625. The average molecular weight is 359 g/mol. The smallest absolute Gasteiger partial charge is 0.155 e. The topological polar surface area (TPSA) is 41.1 Å². The van der Waals surface area contributed by atoms with Crippen molar-refractivity contribution in [2.75, 3.05) is 0 Å². The number of fused-ring (bicyclic) bond motifs is 2. The molecule has 1 aromatic carbocycles. The Labute approximate surface area is 160 Å². The molecule has 26 heavy (non-hydrogen) atoms. The van der Waals surface area contributed by atoms with Crippen molar-refractivity contribution >= 4 is 5.78 Å². The maximum atomic E-state index is 13.4. The number of carbonyl (C=O) groups is 1. The van der Waals surface area contributed by atoms with Gasteiger partial charge in [0, 0.05) is 23.0 Å². The molecule has 1 atom stereocenters. The summed E-state index contributed by atoms with van der Waals surface area (Å²) in [6.45, 7) is 16.0. The average Bonchev–Trinajstić information content (AvgIpc) is 2.54. The predicted molar refractivity (Wildman–Crippen MR) is 110 cm³/mol. The highest BCUT2D eigenvalue weighted by Crippen LogP contribution is 2.30. The fraction of sp³-hybridized carbons (Fsp3) is 0.696. The van der Waals surface area contributed by atoms with Gasteiger partial charge in [-0.25, -0.2) is 0 Å². The van der Waals surface area contributed by atoms with E-state index in [-0.39, 0.29) is 22.5 Å². The number of aryl methyl sites for hydroxylation is 1. The minimum Gasteiger partial charge on any atom is -0.308 e. The van der Waals surface area contributed by atoms with Crippen LogP contribution in [0.1, 0.15) is 78.9 Å². The van der Waals surface area contributed by atoms with E-state index >= 15 is 0 Å². The molecule has 0 aliphatic carbocycles. The Morgan fingerprint density at radius 1 is 1.08 bits per heavy atom. The summed E-state index contributed by atoms with van der Waals surface area (Å²) in [6, 6.07) is 8.68. The van der Waals surface area contributed by atoms with Crippen LogP contribution < -0.4 is 10.6 Å². The lowest BCUT2D eigenvalue weighted by Gasteiger charge is -2.35. The van der Waals surface area contributed by atoms with Crippen LogP contribution in [0.5, 0.6) is 0 Å². The molecule has 1 heterocycles. The van der Waals surface area contributed by atoms with Gasteiger partial charge in [-0.1, -0.05) is 38.1 Å². The molecule has 0 aromatic heterocycles. The Balaban J connectivity index is 2.33. The summed E-state index contributed by atoms with van der Waals surface area (Å²) in [6.07, 6.45) is 3.64. The molecule has 0 spiro atoms. The Hall–Kier alpha value is -1.19. The standard InChI is InChI=1S/C23H38N2O/c1-21(2,3)25-19-12-11-17-9-8-10-18(15-17)16-24-23(6,7)14-13-22(4,5)20(19)26/h8-10,15,19,24-25H,11-14,16H2,1-7H3. The van der Waals surface area contributed by atoms with Crippen molar-refractivity contribution in [3.8, 4) is 0 Å². The molecule has 1 aliphatic rings. The minimum atomic E-state index is -0.325. The number of Topliss-reactive ketones (excluding diaryl/α,β-unsaturated/α-hetero) is 1. The van der Waals surface area contributed by atoms with Gasteiger partial charge in [0.1, 0.15) is 0 Å². The van der Waals surface area contributed by atoms with Crippen LogP contribution in [-0.4, -0.2) is 22.9 Å². The number of benzene rings is 1. The molecule has 1 unspecified atom stereocenters. The summed E-state index contributed by atoms with van der Waals surface area (Å²) in [7, 11) is 0. The molecule has 2 N–H and O–H groups in total. The summed E-state index contributed by atoms with van der Waals surface area (Å²) < 4.78 is 0. The summed E-state index contributed by atoms with van der Waals surface area (Å²) in [5.41, 5.74) is 2.24. The van der Waals surface area contributed by atoms with E-state index in [1.54, 1.807) is 0 Å². The molecule has 1 aromatic rings. The van der Waals surface area contributed by atoms with E-state index in [1.165, 1.54) is 11.1 Å². The van der Waals surface area contributed by atoms with E-state index in [2.05, 4.69) is 83.4 Å². The van der Waals surface area contributed by atoms with Crippen molar-refractivity contribution in [2.24, 2.45) is 5.41 Å². The van der Waals surface area contributed by atoms with Crippen LogP contribution in [0, 0.1) is 5.41 Å². The van der Waals surface area contributed by atoms with Crippen molar-refractivity contribution in [3.63, 3.8) is 0 Å². The summed E-state index contributed by atoms with van der Waals surface area (Å²) in [5.74, 6) is 0.346. The Morgan fingerprint density at radius 3 is 2.38 bits per heavy atom. The molecule has 0 amide bonds. The fourth-order valence-electron chi connectivity index (χ4n) is 3.65. The lowest BCUT2D eigenvalue weighted by molar-refractivity contribution is -0.130. The van der Waals surface area contributed by atoms with E-state index in [4.69, 9.17) is 0 Å². The van der Waals surface area contributed by atoms with Crippen molar-refractivity contribution in [1.29, 1.82) is 0 Å². The highest BCUT2D eigenvalue weighted by molar-refractivity contribution is 5.89. The largest absolute Gasteiger partial charge is 0.308 e. The highest BCUT2D eigenvalue weighted by atomic mass is 16.1. The third-order valence-corrected chi connectivity index (χ3v) is 5.45. The summed E-state index contributed by atoms with van der Waals surface area (Å²) in [4.78, 5) is 13.4. The fourth-order valence-corrected chi connectivity index (χ4v) is 3.65. The van der Waals surface area contributed by atoms with Crippen LogP contribution in [0.25, 0.3) is 0 Å². The van der Waals surface area contributed by atoms with Gasteiger partial charge < -0.3 is 10.6 Å². The van der Waals surface area contributed by atoms with Gasteiger partial charge >= 0.3 is 0 Å². The van der Waals surface area contributed by atoms with Crippen LogP contribution in [-0.2, 0) is 17.8 Å².